The summed E-state index contributed by atoms with van der Waals surface area (Å²) in [7, 11) is 0. The molecule has 19 heavy (non-hydrogen) atoms. The van der Waals surface area contributed by atoms with E-state index in [1.165, 1.54) is 11.3 Å². The summed E-state index contributed by atoms with van der Waals surface area (Å²) in [4.78, 5) is 2.48. The Morgan fingerprint density at radius 2 is 2.05 bits per heavy atom. The van der Waals surface area contributed by atoms with E-state index < -0.39 is 0 Å². The van der Waals surface area contributed by atoms with Crippen LogP contribution in [0.25, 0.3) is 0 Å². The average Bonchev–Trinajstić information content (AvgIpc) is 2.61. The Hall–Kier alpha value is -1.06. The highest BCUT2D eigenvalue weighted by Gasteiger charge is 2.25. The predicted molar refractivity (Wildman–Crippen MR) is 80.7 cm³/mol. The summed E-state index contributed by atoms with van der Waals surface area (Å²) in [6, 6.07) is 9.79. The molecule has 106 valence electrons. The van der Waals surface area contributed by atoms with Crippen molar-refractivity contribution in [1.82, 2.24) is 5.32 Å². The molecule has 0 saturated carbocycles. The van der Waals surface area contributed by atoms with E-state index in [2.05, 4.69) is 48.3 Å². The minimum absolute atomic E-state index is 0.253. The van der Waals surface area contributed by atoms with Crippen LogP contribution in [0.1, 0.15) is 32.3 Å². The maximum absolute atomic E-state index is 9.29. The van der Waals surface area contributed by atoms with Crippen molar-refractivity contribution >= 4 is 5.69 Å². The zero-order valence-corrected chi connectivity index (χ0v) is 12.1. The zero-order chi connectivity index (χ0) is 13.7. The van der Waals surface area contributed by atoms with Gasteiger partial charge in [-0.05, 0) is 50.4 Å². The predicted octanol–water partition coefficient (Wildman–Crippen LogP) is 2.19. The van der Waals surface area contributed by atoms with Gasteiger partial charge < -0.3 is 15.3 Å². The highest BCUT2D eigenvalue weighted by molar-refractivity contribution is 5.50. The number of aryl methyl sites for hydroxylation is 1. The first-order valence-electron chi connectivity index (χ1n) is 7.45. The third-order valence-electron chi connectivity index (χ3n) is 4.09. The number of hydrogen-bond donors (Lipinski definition) is 2. The summed E-state index contributed by atoms with van der Waals surface area (Å²) in [6.45, 7) is 6.74. The highest BCUT2D eigenvalue weighted by Crippen LogP contribution is 2.24. The van der Waals surface area contributed by atoms with Crippen molar-refractivity contribution in [3.05, 3.63) is 29.8 Å². The van der Waals surface area contributed by atoms with E-state index in [-0.39, 0.29) is 6.61 Å². The van der Waals surface area contributed by atoms with E-state index in [9.17, 15) is 5.11 Å². The number of hydrogen-bond acceptors (Lipinski definition) is 3. The Morgan fingerprint density at radius 1 is 1.32 bits per heavy atom. The monoisotopic (exact) mass is 262 g/mol. The first-order valence-corrected chi connectivity index (χ1v) is 7.45. The van der Waals surface area contributed by atoms with E-state index >= 15 is 0 Å². The smallest absolute Gasteiger partial charge is 0.0451 e. The van der Waals surface area contributed by atoms with Crippen LogP contribution in [-0.4, -0.2) is 36.9 Å². The van der Waals surface area contributed by atoms with Gasteiger partial charge in [-0.1, -0.05) is 19.1 Å². The number of aliphatic hydroxyl groups excluding tert-OH is 1. The molecule has 2 atom stereocenters. The molecule has 0 radical (unpaired) electrons. The molecule has 1 aliphatic rings. The van der Waals surface area contributed by atoms with Crippen LogP contribution in [0.15, 0.2) is 24.3 Å². The van der Waals surface area contributed by atoms with E-state index in [1.54, 1.807) is 0 Å². The van der Waals surface area contributed by atoms with Gasteiger partial charge in [0.2, 0.25) is 0 Å². The van der Waals surface area contributed by atoms with Crippen molar-refractivity contribution in [3.63, 3.8) is 0 Å². The number of aliphatic hydroxyl groups is 1. The lowest BCUT2D eigenvalue weighted by atomic mass is 10.1. The lowest BCUT2D eigenvalue weighted by Gasteiger charge is -2.36. The quantitative estimate of drug-likeness (QED) is 0.873. The highest BCUT2D eigenvalue weighted by atomic mass is 16.3. The second kappa shape index (κ2) is 6.92. The van der Waals surface area contributed by atoms with Gasteiger partial charge in [0.05, 0.1) is 0 Å². The number of anilines is 1. The van der Waals surface area contributed by atoms with Gasteiger partial charge in [0.15, 0.2) is 0 Å². The number of rotatable bonds is 4. The summed E-state index contributed by atoms with van der Waals surface area (Å²) >= 11 is 0. The zero-order valence-electron chi connectivity index (χ0n) is 12.1. The fourth-order valence-corrected chi connectivity index (χ4v) is 2.94. The Kier molecular flexibility index (Phi) is 5.23. The first-order chi connectivity index (χ1) is 9.26. The van der Waals surface area contributed by atoms with Gasteiger partial charge in [-0.25, -0.2) is 0 Å². The van der Waals surface area contributed by atoms with Crippen LogP contribution < -0.4 is 10.2 Å². The molecule has 0 amide bonds. The molecule has 1 fully saturated rings. The van der Waals surface area contributed by atoms with Crippen LogP contribution in [0, 0.1) is 0 Å². The van der Waals surface area contributed by atoms with Crippen molar-refractivity contribution < 1.29 is 5.11 Å². The molecular formula is C16H26N2O. The van der Waals surface area contributed by atoms with Crippen molar-refractivity contribution in [3.8, 4) is 0 Å². The van der Waals surface area contributed by atoms with E-state index in [0.717, 1.165) is 32.4 Å². The molecule has 2 N–H and O–H groups in total. The largest absolute Gasteiger partial charge is 0.396 e. The van der Waals surface area contributed by atoms with Crippen molar-refractivity contribution in [2.75, 3.05) is 24.6 Å². The molecule has 0 aromatic heterocycles. The maximum Gasteiger partial charge on any atom is 0.0451 e. The maximum atomic E-state index is 9.29. The number of benzene rings is 1. The van der Waals surface area contributed by atoms with Crippen LogP contribution in [0.2, 0.25) is 0 Å². The fraction of sp³-hybridized carbons (Fsp3) is 0.625. The second-order valence-corrected chi connectivity index (χ2v) is 5.44. The van der Waals surface area contributed by atoms with Crippen LogP contribution >= 0.6 is 0 Å². The molecule has 3 nitrogen and oxygen atoms in total. The molecule has 1 aromatic rings. The lowest BCUT2D eigenvalue weighted by molar-refractivity contribution is 0.271. The van der Waals surface area contributed by atoms with Gasteiger partial charge in [0, 0.05) is 30.9 Å². The molecule has 1 aliphatic heterocycles. The third-order valence-corrected chi connectivity index (χ3v) is 4.09. The molecule has 1 aromatic carbocycles. The molecule has 1 saturated heterocycles. The van der Waals surface area contributed by atoms with Crippen LogP contribution in [0.4, 0.5) is 5.69 Å². The molecule has 0 bridgehead atoms. The minimum atomic E-state index is 0.253. The van der Waals surface area contributed by atoms with Crippen molar-refractivity contribution in [1.29, 1.82) is 0 Å². The molecule has 3 heteroatoms. The molecule has 0 spiro atoms. The first kappa shape index (κ1) is 14.4. The van der Waals surface area contributed by atoms with Crippen LogP contribution in [0.5, 0.6) is 0 Å². The third kappa shape index (κ3) is 3.48. The summed E-state index contributed by atoms with van der Waals surface area (Å²) in [5.74, 6) is 0. The summed E-state index contributed by atoms with van der Waals surface area (Å²) < 4.78 is 0. The van der Waals surface area contributed by atoms with E-state index in [1.807, 2.05) is 0 Å². The summed E-state index contributed by atoms with van der Waals surface area (Å²) in [5, 5.41) is 12.8. The Labute approximate surface area is 116 Å². The van der Waals surface area contributed by atoms with E-state index in [4.69, 9.17) is 0 Å². The van der Waals surface area contributed by atoms with Crippen LogP contribution in [0.3, 0.4) is 0 Å². The molecule has 1 heterocycles. The molecule has 2 unspecified atom stereocenters. The Bertz CT molecular complexity index is 377. The van der Waals surface area contributed by atoms with Crippen molar-refractivity contribution in [2.45, 2.75) is 45.2 Å². The topological polar surface area (TPSA) is 35.5 Å². The summed E-state index contributed by atoms with van der Waals surface area (Å²) in [6.07, 6.45) is 3.06. The van der Waals surface area contributed by atoms with Crippen LogP contribution in [-0.2, 0) is 6.42 Å². The molecular weight excluding hydrogens is 236 g/mol. The standard InChI is InChI=1S/C16H26N2O/c1-3-14-4-6-15(7-5-14)18-13(2)8-10-17-12-16(18)9-11-19/h4-7,13,16-17,19H,3,8-12H2,1-2H3. The summed E-state index contributed by atoms with van der Waals surface area (Å²) in [5.41, 5.74) is 2.66. The number of nitrogens with one attached hydrogen (secondary N) is 1. The van der Waals surface area contributed by atoms with Gasteiger partial charge in [0.25, 0.3) is 0 Å². The fourth-order valence-electron chi connectivity index (χ4n) is 2.94. The Balaban J connectivity index is 2.23. The van der Waals surface area contributed by atoms with Gasteiger partial charge in [-0.3, -0.25) is 0 Å². The second-order valence-electron chi connectivity index (χ2n) is 5.44. The van der Waals surface area contributed by atoms with Gasteiger partial charge in [-0.2, -0.15) is 0 Å². The SMILES string of the molecule is CCc1ccc(N2C(C)CCNCC2CCO)cc1. The van der Waals surface area contributed by atoms with Gasteiger partial charge in [-0.15, -0.1) is 0 Å². The minimum Gasteiger partial charge on any atom is -0.396 e. The van der Waals surface area contributed by atoms with Crippen molar-refractivity contribution in [2.24, 2.45) is 0 Å². The van der Waals surface area contributed by atoms with Gasteiger partial charge >= 0.3 is 0 Å². The molecule has 0 aliphatic carbocycles. The Morgan fingerprint density at radius 3 is 2.68 bits per heavy atom. The van der Waals surface area contributed by atoms with Gasteiger partial charge in [0.1, 0.15) is 0 Å². The number of nitrogens with zero attached hydrogens (tertiary/aromatic N) is 1. The molecule has 2 rings (SSSR count). The average molecular weight is 262 g/mol. The van der Waals surface area contributed by atoms with E-state index in [0.29, 0.717) is 12.1 Å². The lowest BCUT2D eigenvalue weighted by Crippen LogP contribution is -2.44. The normalized spacial score (nSPS) is 24.3.